The van der Waals surface area contributed by atoms with E-state index in [1.54, 1.807) is 30.3 Å². The molecule has 148 valence electrons. The molecule has 28 heavy (non-hydrogen) atoms. The normalized spacial score (nSPS) is 11.4. The highest BCUT2D eigenvalue weighted by Gasteiger charge is 2.19. The van der Waals surface area contributed by atoms with Crippen LogP contribution in [0, 0.1) is 0 Å². The Hall–Kier alpha value is -3.55. The smallest absolute Gasteiger partial charge is 0.225 e. The summed E-state index contributed by atoms with van der Waals surface area (Å²) in [4.78, 5) is 35.0. The van der Waals surface area contributed by atoms with E-state index in [1.165, 1.54) is 26.4 Å². The average molecular weight is 385 g/mol. The van der Waals surface area contributed by atoms with Gasteiger partial charge in [0.1, 0.15) is 0 Å². The van der Waals surface area contributed by atoms with Crippen LogP contribution < -0.4 is 25.0 Å². The maximum absolute atomic E-state index is 12.5. The summed E-state index contributed by atoms with van der Waals surface area (Å²) in [6.07, 6.45) is -0.532. The molecule has 0 aliphatic heterocycles. The average Bonchev–Trinajstić information content (AvgIpc) is 2.67. The van der Waals surface area contributed by atoms with E-state index in [2.05, 4.69) is 5.32 Å². The molecule has 2 rings (SSSR count). The van der Waals surface area contributed by atoms with E-state index in [0.717, 1.165) is 0 Å². The van der Waals surface area contributed by atoms with Gasteiger partial charge in [0.15, 0.2) is 11.5 Å². The molecular formula is C20H19NO7-2. The van der Waals surface area contributed by atoms with Crippen LogP contribution in [0.5, 0.6) is 11.5 Å². The number of carboxylic acid groups (broad SMARTS) is 2. The third-order valence-electron chi connectivity index (χ3n) is 4.13. The number of methoxy groups -OCH3 is 2. The zero-order valence-electron chi connectivity index (χ0n) is 15.4. The zero-order chi connectivity index (χ0) is 20.7. The van der Waals surface area contributed by atoms with E-state index in [1.807, 2.05) is 0 Å². The van der Waals surface area contributed by atoms with Gasteiger partial charge in [-0.3, -0.25) is 4.79 Å². The van der Waals surface area contributed by atoms with Crippen LogP contribution in [-0.2, 0) is 9.59 Å². The molecular weight excluding hydrogens is 366 g/mol. The molecule has 2 aromatic carbocycles. The molecule has 0 saturated heterocycles. The molecule has 1 amide bonds. The first kappa shape index (κ1) is 20.8. The second-order valence-corrected chi connectivity index (χ2v) is 5.98. The van der Waals surface area contributed by atoms with Crippen molar-refractivity contribution in [2.75, 3.05) is 19.5 Å². The Kier molecular flexibility index (Phi) is 6.97. The predicted molar refractivity (Wildman–Crippen MR) is 95.9 cm³/mol. The van der Waals surface area contributed by atoms with Crippen LogP contribution in [0.1, 0.15) is 34.7 Å². The number of carboxylic acids is 2. The molecule has 0 unspecified atom stereocenters. The van der Waals surface area contributed by atoms with Crippen LogP contribution in [0.2, 0.25) is 0 Å². The minimum Gasteiger partial charge on any atom is -0.550 e. The quantitative estimate of drug-likeness (QED) is 0.658. The number of anilines is 1. The second-order valence-electron chi connectivity index (χ2n) is 5.98. The van der Waals surface area contributed by atoms with Crippen molar-refractivity contribution in [2.45, 2.75) is 18.8 Å². The summed E-state index contributed by atoms with van der Waals surface area (Å²) >= 11 is 0. The Balaban J connectivity index is 2.27. The van der Waals surface area contributed by atoms with Crippen molar-refractivity contribution in [3.05, 3.63) is 53.6 Å². The molecule has 0 saturated carbocycles. The summed E-state index contributed by atoms with van der Waals surface area (Å²) in [5.74, 6) is -3.60. The molecule has 1 N–H and O–H groups in total. The van der Waals surface area contributed by atoms with Gasteiger partial charge in [-0.25, -0.2) is 0 Å². The van der Waals surface area contributed by atoms with E-state index in [9.17, 15) is 24.6 Å². The highest BCUT2D eigenvalue weighted by Crippen LogP contribution is 2.33. The summed E-state index contributed by atoms with van der Waals surface area (Å²) in [5.41, 5.74) is 0.333. The number of amides is 1. The van der Waals surface area contributed by atoms with Crippen molar-refractivity contribution < 1.29 is 34.1 Å². The lowest BCUT2D eigenvalue weighted by Crippen LogP contribution is -2.27. The molecule has 8 nitrogen and oxygen atoms in total. The predicted octanol–water partition coefficient (Wildman–Crippen LogP) is 0.320. The maximum atomic E-state index is 12.5. The van der Waals surface area contributed by atoms with Crippen molar-refractivity contribution in [1.82, 2.24) is 0 Å². The summed E-state index contributed by atoms with van der Waals surface area (Å²) in [5, 5.41) is 25.0. The number of aliphatic carboxylic acids is 1. The van der Waals surface area contributed by atoms with Gasteiger partial charge in [0.25, 0.3) is 0 Å². The number of rotatable bonds is 9. The molecule has 0 radical (unpaired) electrons. The lowest BCUT2D eigenvalue weighted by atomic mass is 9.92. The van der Waals surface area contributed by atoms with Gasteiger partial charge in [-0.1, -0.05) is 30.3 Å². The number of carbonyl (C=O) groups excluding carboxylic acids is 3. The highest BCUT2D eigenvalue weighted by atomic mass is 16.5. The topological polar surface area (TPSA) is 128 Å². The first-order chi connectivity index (χ1) is 13.3. The van der Waals surface area contributed by atoms with Crippen molar-refractivity contribution in [3.8, 4) is 11.5 Å². The van der Waals surface area contributed by atoms with Crippen molar-refractivity contribution in [1.29, 1.82) is 0 Å². The fourth-order valence-corrected chi connectivity index (χ4v) is 2.81. The van der Waals surface area contributed by atoms with Crippen LogP contribution >= 0.6 is 0 Å². The summed E-state index contributed by atoms with van der Waals surface area (Å²) < 4.78 is 10.2. The van der Waals surface area contributed by atoms with E-state index in [0.29, 0.717) is 5.56 Å². The Morgan fingerprint density at radius 2 is 1.57 bits per heavy atom. The van der Waals surface area contributed by atoms with Gasteiger partial charge in [-0.05, 0) is 24.0 Å². The molecule has 0 spiro atoms. The summed E-state index contributed by atoms with van der Waals surface area (Å²) in [6.45, 7) is 0. The molecule has 0 fully saturated rings. The largest absolute Gasteiger partial charge is 0.550 e. The third-order valence-corrected chi connectivity index (χ3v) is 4.13. The number of nitrogens with one attached hydrogen (secondary N) is 1. The van der Waals surface area contributed by atoms with E-state index in [4.69, 9.17) is 9.47 Å². The van der Waals surface area contributed by atoms with Gasteiger partial charge in [-0.15, -0.1) is 0 Å². The maximum Gasteiger partial charge on any atom is 0.225 e. The van der Waals surface area contributed by atoms with Crippen LogP contribution in [-0.4, -0.2) is 32.1 Å². The summed E-state index contributed by atoms with van der Waals surface area (Å²) in [6, 6.07) is 11.1. The van der Waals surface area contributed by atoms with Gasteiger partial charge in [0.05, 0.1) is 25.9 Å². The van der Waals surface area contributed by atoms with Crippen LogP contribution in [0.25, 0.3) is 0 Å². The molecule has 8 heteroatoms. The van der Waals surface area contributed by atoms with Crippen molar-refractivity contribution in [3.63, 3.8) is 0 Å². The number of hydrogen-bond donors (Lipinski definition) is 1. The lowest BCUT2D eigenvalue weighted by molar-refractivity contribution is -0.306. The first-order valence-electron chi connectivity index (χ1n) is 8.37. The Morgan fingerprint density at radius 3 is 2.11 bits per heavy atom. The van der Waals surface area contributed by atoms with Gasteiger partial charge in [-0.2, -0.15) is 0 Å². The molecule has 0 aliphatic carbocycles. The number of benzene rings is 2. The van der Waals surface area contributed by atoms with Gasteiger partial charge >= 0.3 is 0 Å². The first-order valence-corrected chi connectivity index (χ1v) is 8.37. The van der Waals surface area contributed by atoms with Crippen LogP contribution in [0.15, 0.2) is 42.5 Å². The Bertz CT molecular complexity index is 864. The third kappa shape index (κ3) is 5.23. The molecule has 1 atom stereocenters. The fraction of sp³-hybridized carbons (Fsp3) is 0.250. The molecule has 0 aromatic heterocycles. The zero-order valence-corrected chi connectivity index (χ0v) is 15.4. The number of hydrogen-bond acceptors (Lipinski definition) is 7. The van der Waals surface area contributed by atoms with E-state index in [-0.39, 0.29) is 35.6 Å². The molecule has 2 aromatic rings. The van der Waals surface area contributed by atoms with Gasteiger partial charge in [0, 0.05) is 24.0 Å². The number of ether oxygens (including phenoxy) is 2. The minimum absolute atomic E-state index is 0.0390. The van der Waals surface area contributed by atoms with Crippen LogP contribution in [0.3, 0.4) is 0 Å². The van der Waals surface area contributed by atoms with E-state index >= 15 is 0 Å². The monoisotopic (exact) mass is 385 g/mol. The minimum atomic E-state index is -1.51. The molecule has 0 heterocycles. The lowest BCUT2D eigenvalue weighted by Gasteiger charge is -2.19. The molecule has 0 aliphatic rings. The van der Waals surface area contributed by atoms with Gasteiger partial charge in [0.2, 0.25) is 5.91 Å². The Morgan fingerprint density at radius 1 is 0.964 bits per heavy atom. The molecule has 0 bridgehead atoms. The number of carbonyl (C=O) groups is 3. The fourth-order valence-electron chi connectivity index (χ4n) is 2.81. The van der Waals surface area contributed by atoms with Crippen molar-refractivity contribution >= 4 is 23.5 Å². The van der Waals surface area contributed by atoms with Crippen molar-refractivity contribution in [2.24, 2.45) is 0 Å². The standard InChI is InChI=1S/C20H21NO7/c1-27-16-10-14(20(25)26)15(11-17(16)28-2)21-18(22)8-13(9-19(23)24)12-6-4-3-5-7-12/h3-7,10-11,13H,8-9H2,1-2H3,(H,21,22)(H,23,24)(H,25,26)/p-2/t13-/m0/s1. The van der Waals surface area contributed by atoms with Gasteiger partial charge < -0.3 is 34.6 Å². The number of aromatic carboxylic acids is 1. The highest BCUT2D eigenvalue weighted by molar-refractivity contribution is 6.01. The summed E-state index contributed by atoms with van der Waals surface area (Å²) in [7, 11) is 2.72. The Labute approximate surface area is 161 Å². The van der Waals surface area contributed by atoms with Crippen LogP contribution in [0.4, 0.5) is 5.69 Å². The van der Waals surface area contributed by atoms with E-state index < -0.39 is 23.8 Å². The second kappa shape index (κ2) is 9.40. The SMILES string of the molecule is COc1cc(NC(=O)C[C@@H](CC(=O)[O-])c2ccccc2)c(C(=O)[O-])cc1OC.